The molecular weight excluding hydrogens is 370 g/mol. The third-order valence-electron chi connectivity index (χ3n) is 4.94. The summed E-state index contributed by atoms with van der Waals surface area (Å²) >= 11 is 0. The Morgan fingerprint density at radius 1 is 1.00 bits per heavy atom. The number of piperazine rings is 1. The number of aryl methyl sites for hydroxylation is 3. The largest absolute Gasteiger partial charge is 0.495 e. The predicted octanol–water partition coefficient (Wildman–Crippen LogP) is 2.43. The van der Waals surface area contributed by atoms with Gasteiger partial charge in [-0.3, -0.25) is 19.3 Å². The second kappa shape index (κ2) is 8.34. The van der Waals surface area contributed by atoms with Crippen LogP contribution in [0, 0.1) is 20.8 Å². The Hall–Kier alpha value is -3.35. The highest BCUT2D eigenvalue weighted by Crippen LogP contribution is 2.30. The van der Waals surface area contributed by atoms with E-state index in [1.54, 1.807) is 6.07 Å². The molecule has 0 saturated carbocycles. The number of nitrogens with one attached hydrogen (secondary N) is 1. The summed E-state index contributed by atoms with van der Waals surface area (Å²) < 4.78 is 5.33. The summed E-state index contributed by atoms with van der Waals surface area (Å²) in [7, 11) is 1.52. The summed E-state index contributed by atoms with van der Waals surface area (Å²) in [5.41, 5.74) is 4.18. The molecule has 0 atom stereocenters. The van der Waals surface area contributed by atoms with Gasteiger partial charge in [-0.25, -0.2) is 0 Å². The van der Waals surface area contributed by atoms with Crippen LogP contribution in [0.1, 0.15) is 16.7 Å². The van der Waals surface area contributed by atoms with Crippen molar-refractivity contribution in [1.29, 1.82) is 0 Å². The highest BCUT2D eigenvalue weighted by Gasteiger charge is 2.35. The summed E-state index contributed by atoms with van der Waals surface area (Å²) in [6.45, 7) is 6.14. The van der Waals surface area contributed by atoms with Crippen molar-refractivity contribution in [3.63, 3.8) is 0 Å². The molecule has 3 amide bonds. The molecule has 0 aliphatic carbocycles. The standard InChI is InChI=1S/C22H25N3O4/c1-14-5-7-16(3)17(11-14)23-20(26)13-24-9-10-25(22(28)21(24)27)18-12-15(2)6-8-19(18)29-4/h5-8,11-12H,9-10,13H2,1-4H3,(H,23,26). The lowest BCUT2D eigenvalue weighted by atomic mass is 10.1. The first kappa shape index (κ1) is 20.4. The van der Waals surface area contributed by atoms with Crippen molar-refractivity contribution in [2.75, 3.05) is 37.0 Å². The van der Waals surface area contributed by atoms with E-state index in [0.717, 1.165) is 16.7 Å². The first-order valence-corrected chi connectivity index (χ1v) is 9.42. The van der Waals surface area contributed by atoms with Gasteiger partial charge in [0.15, 0.2) is 0 Å². The maximum atomic E-state index is 12.7. The zero-order valence-electron chi connectivity index (χ0n) is 17.1. The van der Waals surface area contributed by atoms with E-state index in [-0.39, 0.29) is 19.0 Å². The lowest BCUT2D eigenvalue weighted by Gasteiger charge is -2.34. The number of ether oxygens (including phenoxy) is 1. The van der Waals surface area contributed by atoms with Crippen LogP contribution in [0.5, 0.6) is 5.75 Å². The number of anilines is 2. The van der Waals surface area contributed by atoms with Gasteiger partial charge in [-0.15, -0.1) is 0 Å². The molecule has 2 aromatic carbocycles. The zero-order chi connectivity index (χ0) is 21.1. The Morgan fingerprint density at radius 2 is 1.69 bits per heavy atom. The Labute approximate surface area is 170 Å². The number of carbonyl (C=O) groups excluding carboxylic acids is 3. The molecule has 29 heavy (non-hydrogen) atoms. The fourth-order valence-electron chi connectivity index (χ4n) is 3.30. The predicted molar refractivity (Wildman–Crippen MR) is 111 cm³/mol. The van der Waals surface area contributed by atoms with Gasteiger partial charge in [0.25, 0.3) is 0 Å². The highest BCUT2D eigenvalue weighted by atomic mass is 16.5. The van der Waals surface area contributed by atoms with E-state index >= 15 is 0 Å². The molecule has 7 nitrogen and oxygen atoms in total. The van der Waals surface area contributed by atoms with Crippen molar-refractivity contribution in [1.82, 2.24) is 4.90 Å². The fourth-order valence-corrected chi connectivity index (χ4v) is 3.30. The van der Waals surface area contributed by atoms with E-state index in [1.165, 1.54) is 16.9 Å². The van der Waals surface area contributed by atoms with Crippen molar-refractivity contribution >= 4 is 29.1 Å². The monoisotopic (exact) mass is 395 g/mol. The van der Waals surface area contributed by atoms with Crippen LogP contribution in [0.15, 0.2) is 36.4 Å². The molecule has 7 heteroatoms. The van der Waals surface area contributed by atoms with E-state index in [4.69, 9.17) is 4.74 Å². The normalized spacial score (nSPS) is 14.2. The maximum Gasteiger partial charge on any atom is 0.316 e. The van der Waals surface area contributed by atoms with Gasteiger partial charge in [0.2, 0.25) is 5.91 Å². The van der Waals surface area contributed by atoms with E-state index < -0.39 is 11.8 Å². The molecule has 1 saturated heterocycles. The maximum absolute atomic E-state index is 12.7. The second-order valence-corrected chi connectivity index (χ2v) is 7.23. The van der Waals surface area contributed by atoms with E-state index in [1.807, 2.05) is 51.1 Å². The van der Waals surface area contributed by atoms with Crippen molar-refractivity contribution in [3.05, 3.63) is 53.1 Å². The van der Waals surface area contributed by atoms with Crippen molar-refractivity contribution in [2.24, 2.45) is 0 Å². The molecule has 152 valence electrons. The van der Waals surface area contributed by atoms with Crippen molar-refractivity contribution in [3.8, 4) is 5.75 Å². The summed E-state index contributed by atoms with van der Waals surface area (Å²) in [4.78, 5) is 40.5. The van der Waals surface area contributed by atoms with Crippen LogP contribution in [-0.2, 0) is 14.4 Å². The molecular formula is C22H25N3O4. The summed E-state index contributed by atoms with van der Waals surface area (Å²) in [6.07, 6.45) is 0. The Kier molecular flexibility index (Phi) is 5.87. The fraction of sp³-hybridized carbons (Fsp3) is 0.318. The van der Waals surface area contributed by atoms with E-state index in [0.29, 0.717) is 23.7 Å². The van der Waals surface area contributed by atoms with E-state index in [9.17, 15) is 14.4 Å². The quantitative estimate of drug-likeness (QED) is 0.789. The summed E-state index contributed by atoms with van der Waals surface area (Å²) in [6, 6.07) is 11.2. The Morgan fingerprint density at radius 3 is 2.41 bits per heavy atom. The van der Waals surface area contributed by atoms with Gasteiger partial charge in [-0.2, -0.15) is 0 Å². The molecule has 2 aromatic rings. The molecule has 1 fully saturated rings. The molecule has 1 aliphatic rings. The molecule has 1 N–H and O–H groups in total. The second-order valence-electron chi connectivity index (χ2n) is 7.23. The minimum atomic E-state index is -0.698. The average molecular weight is 395 g/mol. The molecule has 0 spiro atoms. The minimum absolute atomic E-state index is 0.170. The number of hydrogen-bond acceptors (Lipinski definition) is 4. The first-order valence-electron chi connectivity index (χ1n) is 9.42. The molecule has 1 aliphatic heterocycles. The number of carbonyl (C=O) groups is 3. The number of hydrogen-bond donors (Lipinski definition) is 1. The van der Waals surface area contributed by atoms with Gasteiger partial charge in [-0.1, -0.05) is 18.2 Å². The number of methoxy groups -OCH3 is 1. The Bertz CT molecular complexity index is 971. The van der Waals surface area contributed by atoms with Gasteiger partial charge in [-0.05, 0) is 55.7 Å². The lowest BCUT2D eigenvalue weighted by Crippen LogP contribution is -2.56. The topological polar surface area (TPSA) is 79.0 Å². The van der Waals surface area contributed by atoms with Crippen LogP contribution in [0.3, 0.4) is 0 Å². The molecule has 0 radical (unpaired) electrons. The van der Waals surface area contributed by atoms with Gasteiger partial charge >= 0.3 is 11.8 Å². The van der Waals surface area contributed by atoms with Gasteiger partial charge < -0.3 is 15.0 Å². The molecule has 0 aromatic heterocycles. The van der Waals surface area contributed by atoms with Gasteiger partial charge in [0, 0.05) is 18.8 Å². The highest BCUT2D eigenvalue weighted by molar-refractivity contribution is 6.41. The Balaban J connectivity index is 1.70. The number of benzene rings is 2. The third-order valence-corrected chi connectivity index (χ3v) is 4.94. The number of nitrogens with zero attached hydrogens (tertiary/aromatic N) is 2. The molecule has 0 unspecified atom stereocenters. The molecule has 0 bridgehead atoms. The van der Waals surface area contributed by atoms with Gasteiger partial charge in [0.05, 0.1) is 12.8 Å². The minimum Gasteiger partial charge on any atom is -0.495 e. The lowest BCUT2D eigenvalue weighted by molar-refractivity contribution is -0.147. The summed E-state index contributed by atoms with van der Waals surface area (Å²) in [5, 5.41) is 2.82. The van der Waals surface area contributed by atoms with Crippen LogP contribution in [0.2, 0.25) is 0 Å². The average Bonchev–Trinajstić information content (AvgIpc) is 2.68. The molecule has 1 heterocycles. The number of amides is 3. The number of rotatable bonds is 5. The molecule has 3 rings (SSSR count). The van der Waals surface area contributed by atoms with Crippen LogP contribution in [0.4, 0.5) is 11.4 Å². The van der Waals surface area contributed by atoms with Crippen LogP contribution < -0.4 is 15.0 Å². The van der Waals surface area contributed by atoms with Crippen molar-refractivity contribution in [2.45, 2.75) is 20.8 Å². The van der Waals surface area contributed by atoms with E-state index in [2.05, 4.69) is 5.32 Å². The van der Waals surface area contributed by atoms with Crippen LogP contribution >= 0.6 is 0 Å². The summed E-state index contributed by atoms with van der Waals surface area (Å²) in [5.74, 6) is -1.17. The smallest absolute Gasteiger partial charge is 0.316 e. The first-order chi connectivity index (χ1) is 13.8. The van der Waals surface area contributed by atoms with Crippen molar-refractivity contribution < 1.29 is 19.1 Å². The van der Waals surface area contributed by atoms with Gasteiger partial charge in [0.1, 0.15) is 12.3 Å². The van der Waals surface area contributed by atoms with Crippen LogP contribution in [-0.4, -0.2) is 49.4 Å². The van der Waals surface area contributed by atoms with Crippen LogP contribution in [0.25, 0.3) is 0 Å². The SMILES string of the molecule is COc1ccc(C)cc1N1CCN(CC(=O)Nc2cc(C)ccc2C)C(=O)C1=O. The third kappa shape index (κ3) is 4.39. The zero-order valence-corrected chi connectivity index (χ0v) is 17.1.